The predicted octanol–water partition coefficient (Wildman–Crippen LogP) is 0.714. The van der Waals surface area contributed by atoms with E-state index in [0.29, 0.717) is 6.42 Å². The maximum absolute atomic E-state index is 10.6. The Labute approximate surface area is 73.0 Å². The smallest absolute Gasteiger partial charge is 0.484 e. The van der Waals surface area contributed by atoms with E-state index in [1.807, 2.05) is 6.92 Å². The van der Waals surface area contributed by atoms with E-state index >= 15 is 0 Å². The third kappa shape index (κ3) is 6.90. The molecule has 0 saturated heterocycles. The van der Waals surface area contributed by atoms with Crippen LogP contribution in [0.1, 0.15) is 19.8 Å². The fourth-order valence-corrected chi connectivity index (χ4v) is 1.57. The molecule has 0 spiro atoms. The van der Waals surface area contributed by atoms with Crippen molar-refractivity contribution in [1.82, 2.24) is 0 Å². The van der Waals surface area contributed by atoms with E-state index in [0.717, 1.165) is 6.42 Å². The molecule has 0 aliphatic heterocycles. The van der Waals surface area contributed by atoms with Crippen LogP contribution < -0.4 is 0 Å². The van der Waals surface area contributed by atoms with Gasteiger partial charge in [-0.3, -0.25) is 4.52 Å². The van der Waals surface area contributed by atoms with E-state index in [4.69, 9.17) is 4.89 Å². The Balaban J connectivity index is 3.72. The van der Waals surface area contributed by atoms with Crippen molar-refractivity contribution >= 4 is 19.2 Å². The minimum atomic E-state index is -4.39. The van der Waals surface area contributed by atoms with E-state index < -0.39 is 19.2 Å². The Morgan fingerprint density at radius 3 is 2.67 bits per heavy atom. The molecule has 6 nitrogen and oxygen atoms in total. The van der Waals surface area contributed by atoms with Gasteiger partial charge in [0.25, 0.3) is 0 Å². The van der Waals surface area contributed by atoms with E-state index in [-0.39, 0.29) is 6.61 Å². The quantitative estimate of drug-likeness (QED) is 0.400. The minimum absolute atomic E-state index is 0.00147. The standard InChI is InChI=1S/C4H11O6PS/c1-2-3-4-9-11(5,6)10-12(7)8/h2-4H2,1H3,(H,5,6)(H,7,8)/p-1. The van der Waals surface area contributed by atoms with Crippen molar-refractivity contribution in [3.8, 4) is 0 Å². The lowest BCUT2D eigenvalue weighted by molar-refractivity contribution is 0.201. The van der Waals surface area contributed by atoms with Crippen LogP contribution in [0.3, 0.4) is 0 Å². The number of phosphoric acid groups is 1. The highest BCUT2D eigenvalue weighted by Crippen LogP contribution is 2.43. The fourth-order valence-electron chi connectivity index (χ4n) is 0.423. The van der Waals surface area contributed by atoms with Crippen LogP contribution >= 0.6 is 7.82 Å². The highest BCUT2D eigenvalue weighted by molar-refractivity contribution is 7.79. The summed E-state index contributed by atoms with van der Waals surface area (Å²) < 4.78 is 38.1. The molecule has 8 heteroatoms. The highest BCUT2D eigenvalue weighted by atomic mass is 32.2. The SMILES string of the molecule is CCCCOP(=O)(O)OS(=O)[O-]. The molecule has 0 bridgehead atoms. The first-order chi connectivity index (χ1) is 5.48. The summed E-state index contributed by atoms with van der Waals surface area (Å²) >= 11 is -3.03. The Morgan fingerprint density at radius 2 is 2.25 bits per heavy atom. The summed E-state index contributed by atoms with van der Waals surface area (Å²) in [6.45, 7) is 1.86. The zero-order valence-corrected chi connectivity index (χ0v) is 8.18. The van der Waals surface area contributed by atoms with E-state index in [1.165, 1.54) is 0 Å². The maximum atomic E-state index is 10.6. The van der Waals surface area contributed by atoms with Crippen LogP contribution in [0, 0.1) is 0 Å². The number of phosphoric ester groups is 1. The van der Waals surface area contributed by atoms with Gasteiger partial charge in [-0.05, 0) is 6.42 Å². The van der Waals surface area contributed by atoms with Gasteiger partial charge in [-0.1, -0.05) is 13.3 Å². The zero-order chi connectivity index (χ0) is 9.61. The first kappa shape index (κ1) is 12.2. The van der Waals surface area contributed by atoms with Crippen LogP contribution in [-0.4, -0.2) is 20.3 Å². The third-order valence-electron chi connectivity index (χ3n) is 0.907. The number of unbranched alkanes of at least 4 members (excludes halogenated alkanes) is 1. The van der Waals surface area contributed by atoms with Gasteiger partial charge in [0.15, 0.2) is 0 Å². The lowest BCUT2D eigenvalue weighted by Crippen LogP contribution is -1.98. The van der Waals surface area contributed by atoms with Gasteiger partial charge < -0.3 is 9.45 Å². The molecule has 0 radical (unpaired) electrons. The van der Waals surface area contributed by atoms with Gasteiger partial charge in [0, 0.05) is 0 Å². The monoisotopic (exact) mass is 217 g/mol. The molecule has 1 N–H and O–H groups in total. The Hall–Kier alpha value is 0.220. The summed E-state index contributed by atoms with van der Waals surface area (Å²) in [6.07, 6.45) is 1.35. The molecule has 0 aromatic rings. The van der Waals surface area contributed by atoms with Crippen LogP contribution in [0.15, 0.2) is 0 Å². The number of rotatable bonds is 6. The first-order valence-corrected chi connectivity index (χ1v) is 5.74. The predicted molar refractivity (Wildman–Crippen MR) is 40.7 cm³/mol. The maximum Gasteiger partial charge on any atom is 0.484 e. The van der Waals surface area contributed by atoms with E-state index in [2.05, 4.69) is 8.49 Å². The molecule has 74 valence electrons. The van der Waals surface area contributed by atoms with Crippen molar-refractivity contribution in [3.05, 3.63) is 0 Å². The molecule has 12 heavy (non-hydrogen) atoms. The molecule has 0 aromatic heterocycles. The summed E-state index contributed by atoms with van der Waals surface area (Å²) in [7, 11) is -4.39. The fraction of sp³-hybridized carbons (Fsp3) is 1.00. The van der Waals surface area contributed by atoms with E-state index in [1.54, 1.807) is 0 Å². The summed E-state index contributed by atoms with van der Waals surface area (Å²) in [5.74, 6) is 0. The second kappa shape index (κ2) is 5.80. The molecular formula is C4H10O6PS-. The first-order valence-electron chi connectivity index (χ1n) is 3.24. The molecule has 0 aromatic carbocycles. The third-order valence-corrected chi connectivity index (χ3v) is 2.66. The minimum Gasteiger partial charge on any atom is -0.749 e. The average molecular weight is 217 g/mol. The normalized spacial score (nSPS) is 18.6. The molecule has 2 atom stereocenters. The van der Waals surface area contributed by atoms with Crippen molar-refractivity contribution in [1.29, 1.82) is 0 Å². The van der Waals surface area contributed by atoms with Crippen molar-refractivity contribution in [2.45, 2.75) is 19.8 Å². The van der Waals surface area contributed by atoms with Crippen LogP contribution in [0.25, 0.3) is 0 Å². The van der Waals surface area contributed by atoms with Gasteiger partial charge in [0.2, 0.25) is 0 Å². The van der Waals surface area contributed by atoms with Gasteiger partial charge in [0.1, 0.15) is 0 Å². The summed E-state index contributed by atoms with van der Waals surface area (Å²) in [4.78, 5) is 8.63. The van der Waals surface area contributed by atoms with E-state index in [9.17, 15) is 13.3 Å². The molecule has 0 heterocycles. The molecule has 0 aliphatic carbocycles. The summed E-state index contributed by atoms with van der Waals surface area (Å²) in [6, 6.07) is 0. The second-order valence-corrected chi connectivity index (χ2v) is 4.13. The van der Waals surface area contributed by atoms with Crippen molar-refractivity contribution in [3.63, 3.8) is 0 Å². The van der Waals surface area contributed by atoms with Crippen molar-refractivity contribution in [2.24, 2.45) is 0 Å². The van der Waals surface area contributed by atoms with Crippen molar-refractivity contribution < 1.29 is 26.7 Å². The largest absolute Gasteiger partial charge is 0.749 e. The topological polar surface area (TPSA) is 95.9 Å². The second-order valence-electron chi connectivity index (χ2n) is 1.93. The zero-order valence-electron chi connectivity index (χ0n) is 6.47. The Bertz CT molecular complexity index is 194. The molecule has 2 unspecified atom stereocenters. The van der Waals surface area contributed by atoms with Crippen LogP contribution in [-0.2, 0) is 24.4 Å². The van der Waals surface area contributed by atoms with Gasteiger partial charge in [0.05, 0.1) is 18.0 Å². The lowest BCUT2D eigenvalue weighted by Gasteiger charge is -2.11. The Kier molecular flexibility index (Phi) is 5.90. The molecule has 0 saturated carbocycles. The molecule has 0 rings (SSSR count). The molecule has 0 fully saturated rings. The van der Waals surface area contributed by atoms with Crippen LogP contribution in [0.5, 0.6) is 0 Å². The molecule has 0 amide bonds. The summed E-state index contributed by atoms with van der Waals surface area (Å²) in [5, 5.41) is 0. The van der Waals surface area contributed by atoms with Gasteiger partial charge in [-0.2, -0.15) is 3.97 Å². The highest BCUT2D eigenvalue weighted by Gasteiger charge is 2.21. The molecular weight excluding hydrogens is 207 g/mol. The molecule has 0 aliphatic rings. The van der Waals surface area contributed by atoms with Gasteiger partial charge >= 0.3 is 7.82 Å². The van der Waals surface area contributed by atoms with Crippen molar-refractivity contribution in [2.75, 3.05) is 6.61 Å². The number of hydrogen-bond acceptors (Lipinski definition) is 5. The lowest BCUT2D eigenvalue weighted by atomic mass is 10.4. The Morgan fingerprint density at radius 1 is 1.67 bits per heavy atom. The van der Waals surface area contributed by atoms with Gasteiger partial charge in [-0.15, -0.1) is 0 Å². The summed E-state index contributed by atoms with van der Waals surface area (Å²) in [5.41, 5.74) is 0. The van der Waals surface area contributed by atoms with Crippen LogP contribution in [0.4, 0.5) is 0 Å². The van der Waals surface area contributed by atoms with Crippen LogP contribution in [0.2, 0.25) is 0 Å². The number of hydrogen-bond donors (Lipinski definition) is 1. The van der Waals surface area contributed by atoms with Gasteiger partial charge in [-0.25, -0.2) is 8.77 Å². The average Bonchev–Trinajstić information content (AvgIpc) is 1.84.